The molecule has 1 N–H and O–H groups in total. The molecule has 0 aliphatic rings. The Kier molecular flexibility index (Phi) is 4.48. The molecule has 0 saturated heterocycles. The minimum Gasteiger partial charge on any atom is -0.307 e. The Morgan fingerprint density at radius 2 is 2.19 bits per heavy atom. The summed E-state index contributed by atoms with van der Waals surface area (Å²) in [5, 5.41) is 8.53. The standard InChI is InChI=1S/C16H16ClN3S/c1-2-15-20-14(10-21-15)9-18-8-12-7-13(17)6-11-4-3-5-19-16(11)12/h3-7,10,18H,2,8-9H2,1H3. The Morgan fingerprint density at radius 3 is 3.00 bits per heavy atom. The van der Waals surface area contributed by atoms with Crippen molar-refractivity contribution in [2.24, 2.45) is 0 Å². The van der Waals surface area contributed by atoms with E-state index in [0.717, 1.165) is 46.7 Å². The van der Waals surface area contributed by atoms with E-state index in [1.54, 1.807) is 11.3 Å². The lowest BCUT2D eigenvalue weighted by Crippen LogP contribution is -2.13. The lowest BCUT2D eigenvalue weighted by atomic mass is 10.1. The molecule has 2 heterocycles. The smallest absolute Gasteiger partial charge is 0.0926 e. The van der Waals surface area contributed by atoms with Crippen LogP contribution < -0.4 is 5.32 Å². The van der Waals surface area contributed by atoms with Crippen LogP contribution in [0.4, 0.5) is 0 Å². The van der Waals surface area contributed by atoms with Crippen molar-refractivity contribution in [3.8, 4) is 0 Å². The largest absolute Gasteiger partial charge is 0.307 e. The van der Waals surface area contributed by atoms with Gasteiger partial charge in [-0.1, -0.05) is 24.6 Å². The molecule has 0 aliphatic heterocycles. The molecule has 0 amide bonds. The zero-order chi connectivity index (χ0) is 14.7. The molecule has 0 bridgehead atoms. The summed E-state index contributed by atoms with van der Waals surface area (Å²) in [4.78, 5) is 9.01. The fourth-order valence-corrected chi connectivity index (χ4v) is 3.27. The minimum absolute atomic E-state index is 0.729. The van der Waals surface area contributed by atoms with E-state index < -0.39 is 0 Å². The van der Waals surface area contributed by atoms with Gasteiger partial charge in [0.25, 0.3) is 0 Å². The van der Waals surface area contributed by atoms with Crippen LogP contribution in [0.5, 0.6) is 0 Å². The first-order chi connectivity index (χ1) is 10.3. The van der Waals surface area contributed by atoms with Crippen LogP contribution >= 0.6 is 22.9 Å². The van der Waals surface area contributed by atoms with E-state index in [-0.39, 0.29) is 0 Å². The van der Waals surface area contributed by atoms with Crippen LogP contribution in [-0.2, 0) is 19.5 Å². The Morgan fingerprint density at radius 1 is 1.29 bits per heavy atom. The summed E-state index contributed by atoms with van der Waals surface area (Å²) < 4.78 is 0. The van der Waals surface area contributed by atoms with Gasteiger partial charge in [0, 0.05) is 35.1 Å². The van der Waals surface area contributed by atoms with Crippen molar-refractivity contribution in [3.05, 3.63) is 57.1 Å². The second-order valence-electron chi connectivity index (χ2n) is 4.83. The van der Waals surface area contributed by atoms with Crippen molar-refractivity contribution in [1.29, 1.82) is 0 Å². The molecule has 0 aliphatic carbocycles. The van der Waals surface area contributed by atoms with Gasteiger partial charge in [-0.25, -0.2) is 4.98 Å². The molecule has 5 heteroatoms. The number of nitrogens with one attached hydrogen (secondary N) is 1. The number of hydrogen-bond acceptors (Lipinski definition) is 4. The second-order valence-corrected chi connectivity index (χ2v) is 6.21. The summed E-state index contributed by atoms with van der Waals surface area (Å²) >= 11 is 7.89. The van der Waals surface area contributed by atoms with Gasteiger partial charge in [-0.2, -0.15) is 0 Å². The van der Waals surface area contributed by atoms with E-state index in [1.165, 1.54) is 5.01 Å². The van der Waals surface area contributed by atoms with Crippen LogP contribution in [-0.4, -0.2) is 9.97 Å². The van der Waals surface area contributed by atoms with Gasteiger partial charge in [0.15, 0.2) is 0 Å². The van der Waals surface area contributed by atoms with E-state index >= 15 is 0 Å². The normalized spacial score (nSPS) is 11.1. The molecule has 0 saturated carbocycles. The van der Waals surface area contributed by atoms with E-state index in [4.69, 9.17) is 11.6 Å². The summed E-state index contributed by atoms with van der Waals surface area (Å²) in [6.07, 6.45) is 2.81. The fraction of sp³-hybridized carbons (Fsp3) is 0.250. The van der Waals surface area contributed by atoms with Crippen LogP contribution in [0.15, 0.2) is 35.8 Å². The second kappa shape index (κ2) is 6.52. The predicted molar refractivity (Wildman–Crippen MR) is 88.8 cm³/mol. The minimum atomic E-state index is 0.729. The van der Waals surface area contributed by atoms with Gasteiger partial charge in [-0.05, 0) is 30.2 Å². The molecule has 0 spiro atoms. The zero-order valence-corrected chi connectivity index (χ0v) is 13.3. The quantitative estimate of drug-likeness (QED) is 0.766. The number of nitrogens with zero attached hydrogens (tertiary/aromatic N) is 2. The summed E-state index contributed by atoms with van der Waals surface area (Å²) in [6, 6.07) is 7.88. The molecule has 3 aromatic rings. The summed E-state index contributed by atoms with van der Waals surface area (Å²) in [6.45, 7) is 3.62. The Balaban J connectivity index is 1.73. The van der Waals surface area contributed by atoms with Crippen LogP contribution in [0.25, 0.3) is 10.9 Å². The molecule has 0 atom stereocenters. The maximum absolute atomic E-state index is 6.18. The number of fused-ring (bicyclic) bond motifs is 1. The lowest BCUT2D eigenvalue weighted by molar-refractivity contribution is 0.683. The number of aryl methyl sites for hydroxylation is 1. The number of aromatic nitrogens is 2. The molecule has 0 fully saturated rings. The van der Waals surface area contributed by atoms with Crippen molar-refractivity contribution in [3.63, 3.8) is 0 Å². The Labute approximate surface area is 133 Å². The van der Waals surface area contributed by atoms with E-state index in [0.29, 0.717) is 0 Å². The third-order valence-corrected chi connectivity index (χ3v) is 4.53. The summed E-state index contributed by atoms with van der Waals surface area (Å²) in [5.74, 6) is 0. The molecular weight excluding hydrogens is 302 g/mol. The van der Waals surface area contributed by atoms with Crippen LogP contribution in [0, 0.1) is 0 Å². The molecule has 2 aromatic heterocycles. The van der Waals surface area contributed by atoms with Crippen molar-refractivity contribution >= 4 is 33.8 Å². The molecule has 3 nitrogen and oxygen atoms in total. The lowest BCUT2D eigenvalue weighted by Gasteiger charge is -2.07. The van der Waals surface area contributed by atoms with Crippen molar-refractivity contribution in [2.75, 3.05) is 0 Å². The van der Waals surface area contributed by atoms with Gasteiger partial charge in [0.1, 0.15) is 0 Å². The third-order valence-electron chi connectivity index (χ3n) is 3.27. The maximum Gasteiger partial charge on any atom is 0.0926 e. The topological polar surface area (TPSA) is 37.8 Å². The molecule has 21 heavy (non-hydrogen) atoms. The highest BCUT2D eigenvalue weighted by Gasteiger charge is 2.05. The van der Waals surface area contributed by atoms with Crippen molar-refractivity contribution < 1.29 is 0 Å². The summed E-state index contributed by atoms with van der Waals surface area (Å²) in [7, 11) is 0. The van der Waals surface area contributed by atoms with Gasteiger partial charge in [-0.3, -0.25) is 4.98 Å². The first kappa shape index (κ1) is 14.4. The Bertz CT molecular complexity index is 754. The molecule has 0 radical (unpaired) electrons. The van der Waals surface area contributed by atoms with Gasteiger partial charge >= 0.3 is 0 Å². The molecule has 1 aromatic carbocycles. The van der Waals surface area contributed by atoms with E-state index in [9.17, 15) is 0 Å². The van der Waals surface area contributed by atoms with Gasteiger partial charge in [0.05, 0.1) is 16.2 Å². The molecule has 3 rings (SSSR count). The summed E-state index contributed by atoms with van der Waals surface area (Å²) in [5.41, 5.74) is 3.21. The number of rotatable bonds is 5. The molecule has 108 valence electrons. The third kappa shape index (κ3) is 3.40. The number of pyridine rings is 1. The maximum atomic E-state index is 6.18. The van der Waals surface area contributed by atoms with E-state index in [2.05, 4.69) is 27.6 Å². The fourth-order valence-electron chi connectivity index (χ4n) is 2.28. The SMILES string of the molecule is CCc1nc(CNCc2cc(Cl)cc3cccnc23)cs1. The Hall–Kier alpha value is -1.49. The van der Waals surface area contributed by atoms with Crippen molar-refractivity contribution in [1.82, 2.24) is 15.3 Å². The first-order valence-corrected chi connectivity index (χ1v) is 8.19. The predicted octanol–water partition coefficient (Wildman–Crippen LogP) is 4.20. The number of benzene rings is 1. The van der Waals surface area contributed by atoms with Crippen LogP contribution in [0.1, 0.15) is 23.2 Å². The molecular formula is C16H16ClN3S. The highest BCUT2D eigenvalue weighted by atomic mass is 35.5. The average molecular weight is 318 g/mol. The van der Waals surface area contributed by atoms with Gasteiger partial charge in [0.2, 0.25) is 0 Å². The highest BCUT2D eigenvalue weighted by molar-refractivity contribution is 7.09. The number of hydrogen-bond donors (Lipinski definition) is 1. The number of halogens is 1. The highest BCUT2D eigenvalue weighted by Crippen LogP contribution is 2.22. The van der Waals surface area contributed by atoms with Crippen LogP contribution in [0.3, 0.4) is 0 Å². The van der Waals surface area contributed by atoms with Crippen molar-refractivity contribution in [2.45, 2.75) is 26.4 Å². The number of thiazole rings is 1. The monoisotopic (exact) mass is 317 g/mol. The van der Waals surface area contributed by atoms with Gasteiger partial charge in [-0.15, -0.1) is 11.3 Å². The zero-order valence-electron chi connectivity index (χ0n) is 11.8. The van der Waals surface area contributed by atoms with Gasteiger partial charge < -0.3 is 5.32 Å². The molecule has 0 unspecified atom stereocenters. The van der Waals surface area contributed by atoms with Crippen LogP contribution in [0.2, 0.25) is 5.02 Å². The first-order valence-electron chi connectivity index (χ1n) is 6.93. The average Bonchev–Trinajstić information content (AvgIpc) is 2.95. The van der Waals surface area contributed by atoms with E-state index in [1.807, 2.05) is 30.5 Å².